The van der Waals surface area contributed by atoms with Crippen LogP contribution in [0.25, 0.3) is 10.2 Å². The van der Waals surface area contributed by atoms with Crippen LogP contribution >= 0.6 is 11.3 Å². The highest BCUT2D eigenvalue weighted by Gasteiger charge is 2.13. The van der Waals surface area contributed by atoms with E-state index in [1.54, 1.807) is 29.9 Å². The van der Waals surface area contributed by atoms with Crippen molar-refractivity contribution in [2.75, 3.05) is 13.7 Å². The van der Waals surface area contributed by atoms with Gasteiger partial charge in [-0.2, -0.15) is 4.99 Å². The average molecular weight is 371 g/mol. The van der Waals surface area contributed by atoms with Gasteiger partial charge in [-0.3, -0.25) is 14.9 Å². The first-order valence-corrected chi connectivity index (χ1v) is 8.73. The number of non-ortho nitro benzene ring substituents is 1. The van der Waals surface area contributed by atoms with Crippen LogP contribution in [-0.4, -0.2) is 29.1 Å². The van der Waals surface area contributed by atoms with Gasteiger partial charge in [0, 0.05) is 31.4 Å². The van der Waals surface area contributed by atoms with Crippen molar-refractivity contribution in [3.05, 3.63) is 68.5 Å². The number of benzene rings is 2. The molecule has 134 valence electrons. The molecule has 2 aromatic carbocycles. The number of aryl methyl sites for hydroxylation is 1. The molecule has 0 aliphatic carbocycles. The molecule has 0 radical (unpaired) electrons. The fourth-order valence-corrected chi connectivity index (χ4v) is 3.54. The van der Waals surface area contributed by atoms with E-state index >= 15 is 0 Å². The normalized spacial score (nSPS) is 11.8. The van der Waals surface area contributed by atoms with E-state index < -0.39 is 4.92 Å². The van der Waals surface area contributed by atoms with Crippen LogP contribution in [0, 0.1) is 17.0 Å². The van der Waals surface area contributed by atoms with Crippen LogP contribution < -0.4 is 4.80 Å². The monoisotopic (exact) mass is 371 g/mol. The minimum Gasteiger partial charge on any atom is -0.383 e. The van der Waals surface area contributed by atoms with Gasteiger partial charge in [-0.15, -0.1) is 0 Å². The minimum absolute atomic E-state index is 0.00196. The quantitative estimate of drug-likeness (QED) is 0.508. The van der Waals surface area contributed by atoms with Crippen molar-refractivity contribution >= 4 is 33.1 Å². The predicted molar refractivity (Wildman–Crippen MR) is 99.4 cm³/mol. The van der Waals surface area contributed by atoms with Crippen molar-refractivity contribution in [2.45, 2.75) is 13.5 Å². The zero-order valence-electron chi connectivity index (χ0n) is 14.3. The maximum absolute atomic E-state index is 12.5. The molecule has 8 heteroatoms. The van der Waals surface area contributed by atoms with Crippen molar-refractivity contribution < 1.29 is 14.5 Å². The maximum atomic E-state index is 12.5. The molecule has 0 aliphatic heterocycles. The van der Waals surface area contributed by atoms with Gasteiger partial charge in [-0.1, -0.05) is 29.0 Å². The van der Waals surface area contributed by atoms with E-state index in [4.69, 9.17) is 4.74 Å². The molecule has 7 nitrogen and oxygen atoms in total. The largest absolute Gasteiger partial charge is 0.383 e. The van der Waals surface area contributed by atoms with Gasteiger partial charge in [0.1, 0.15) is 0 Å². The Hall–Kier alpha value is -2.84. The summed E-state index contributed by atoms with van der Waals surface area (Å²) in [5, 5.41) is 11.1. The summed E-state index contributed by atoms with van der Waals surface area (Å²) < 4.78 is 7.72. The molecular weight excluding hydrogens is 354 g/mol. The number of rotatable bonds is 5. The number of methoxy groups -OCH3 is 1. The molecule has 0 unspecified atom stereocenters. The zero-order valence-corrected chi connectivity index (χ0v) is 15.2. The van der Waals surface area contributed by atoms with Gasteiger partial charge in [0.05, 0.1) is 21.7 Å². The summed E-state index contributed by atoms with van der Waals surface area (Å²) in [5.41, 5.74) is 2.22. The Balaban J connectivity index is 2.12. The molecule has 0 spiro atoms. The average Bonchev–Trinajstić information content (AvgIpc) is 2.96. The van der Waals surface area contributed by atoms with Crippen molar-refractivity contribution in [1.29, 1.82) is 0 Å². The molecule has 1 amide bonds. The van der Waals surface area contributed by atoms with Gasteiger partial charge >= 0.3 is 0 Å². The summed E-state index contributed by atoms with van der Waals surface area (Å²) in [6, 6.07) is 11.8. The van der Waals surface area contributed by atoms with Gasteiger partial charge in [0.2, 0.25) is 0 Å². The number of hydrogen-bond donors (Lipinski definition) is 0. The van der Waals surface area contributed by atoms with Crippen LogP contribution in [0.5, 0.6) is 0 Å². The third-order valence-electron chi connectivity index (χ3n) is 3.89. The molecule has 1 aromatic heterocycles. The number of carbonyl (C=O) groups is 1. The second kappa shape index (κ2) is 7.59. The molecule has 26 heavy (non-hydrogen) atoms. The van der Waals surface area contributed by atoms with Gasteiger partial charge in [-0.05, 0) is 25.1 Å². The Morgan fingerprint density at radius 2 is 2.00 bits per heavy atom. The van der Waals surface area contributed by atoms with E-state index in [2.05, 4.69) is 4.99 Å². The highest BCUT2D eigenvalue weighted by Crippen LogP contribution is 2.23. The highest BCUT2D eigenvalue weighted by molar-refractivity contribution is 7.16. The number of nitrogens with zero attached hydrogens (tertiary/aromatic N) is 3. The molecule has 0 fully saturated rings. The Morgan fingerprint density at radius 3 is 2.65 bits per heavy atom. The Morgan fingerprint density at radius 1 is 1.27 bits per heavy atom. The lowest BCUT2D eigenvalue weighted by atomic mass is 10.1. The fourth-order valence-electron chi connectivity index (χ4n) is 2.50. The van der Waals surface area contributed by atoms with Gasteiger partial charge in [0.15, 0.2) is 4.80 Å². The number of hydrogen-bond acceptors (Lipinski definition) is 5. The number of carbonyl (C=O) groups excluding carboxylic acids is 1. The number of fused-ring (bicyclic) bond motifs is 1. The molecule has 3 aromatic rings. The summed E-state index contributed by atoms with van der Waals surface area (Å²) in [4.78, 5) is 27.8. The second-order valence-corrected chi connectivity index (χ2v) is 6.73. The lowest BCUT2D eigenvalue weighted by Gasteiger charge is -2.04. The summed E-state index contributed by atoms with van der Waals surface area (Å²) >= 11 is 1.32. The van der Waals surface area contributed by atoms with E-state index in [0.717, 1.165) is 10.3 Å². The van der Waals surface area contributed by atoms with E-state index in [1.807, 2.05) is 19.1 Å². The van der Waals surface area contributed by atoms with Crippen LogP contribution in [-0.2, 0) is 11.3 Å². The Bertz CT molecular complexity index is 1030. The third-order valence-corrected chi connectivity index (χ3v) is 4.95. The number of nitro groups is 1. The zero-order chi connectivity index (χ0) is 18.7. The Labute approximate surface area is 153 Å². The molecule has 3 rings (SSSR count). The van der Waals surface area contributed by atoms with Crippen LogP contribution in [0.2, 0.25) is 0 Å². The van der Waals surface area contributed by atoms with Crippen molar-refractivity contribution in [2.24, 2.45) is 4.99 Å². The lowest BCUT2D eigenvalue weighted by molar-refractivity contribution is -0.384. The standard InChI is InChI=1S/C18H17N3O4S/c1-12-3-5-13(6-4-12)17(22)19-18-20(9-10-25-2)15-11-14(21(23)24)7-8-16(15)26-18/h3-8,11H,9-10H2,1-2H3. The molecule has 0 saturated heterocycles. The van der Waals surface area contributed by atoms with Gasteiger partial charge in [-0.25, -0.2) is 0 Å². The lowest BCUT2D eigenvalue weighted by Crippen LogP contribution is -2.19. The third kappa shape index (κ3) is 3.71. The molecule has 0 N–H and O–H groups in total. The van der Waals surface area contributed by atoms with Crippen LogP contribution in [0.1, 0.15) is 15.9 Å². The van der Waals surface area contributed by atoms with Crippen molar-refractivity contribution in [3.63, 3.8) is 0 Å². The van der Waals surface area contributed by atoms with Crippen molar-refractivity contribution in [1.82, 2.24) is 4.57 Å². The first-order chi connectivity index (χ1) is 12.5. The van der Waals surface area contributed by atoms with Crippen molar-refractivity contribution in [3.8, 4) is 0 Å². The number of aromatic nitrogens is 1. The van der Waals surface area contributed by atoms with Crippen LogP contribution in [0.15, 0.2) is 47.5 Å². The molecule has 1 heterocycles. The Kier molecular flexibility index (Phi) is 5.24. The SMILES string of the molecule is COCCn1c(=NC(=O)c2ccc(C)cc2)sc2ccc([N+](=O)[O-])cc21. The minimum atomic E-state index is -0.438. The number of ether oxygens (including phenoxy) is 1. The molecular formula is C18H17N3O4S. The molecule has 0 atom stereocenters. The first-order valence-electron chi connectivity index (χ1n) is 7.92. The smallest absolute Gasteiger partial charge is 0.279 e. The van der Waals surface area contributed by atoms with Crippen LogP contribution in [0.3, 0.4) is 0 Å². The number of thiazole rings is 1. The number of amides is 1. The fraction of sp³-hybridized carbons (Fsp3) is 0.222. The van der Waals surface area contributed by atoms with Gasteiger partial charge in [0.25, 0.3) is 11.6 Å². The summed E-state index contributed by atoms with van der Waals surface area (Å²) in [6.07, 6.45) is 0. The van der Waals surface area contributed by atoms with E-state index in [0.29, 0.717) is 29.0 Å². The summed E-state index contributed by atoms with van der Waals surface area (Å²) in [6.45, 7) is 2.79. The molecule has 0 aliphatic rings. The number of nitro benzene ring substituents is 1. The first kappa shape index (κ1) is 18.0. The van der Waals surface area contributed by atoms with E-state index in [1.165, 1.54) is 23.5 Å². The second-order valence-electron chi connectivity index (χ2n) is 5.72. The topological polar surface area (TPSA) is 86.7 Å². The van der Waals surface area contributed by atoms with Gasteiger partial charge < -0.3 is 9.30 Å². The van der Waals surface area contributed by atoms with E-state index in [9.17, 15) is 14.9 Å². The van der Waals surface area contributed by atoms with E-state index in [-0.39, 0.29) is 11.6 Å². The summed E-state index contributed by atoms with van der Waals surface area (Å²) in [5.74, 6) is -0.350. The maximum Gasteiger partial charge on any atom is 0.279 e. The highest BCUT2D eigenvalue weighted by atomic mass is 32.1. The molecule has 0 saturated carbocycles. The van der Waals surface area contributed by atoms with Crippen LogP contribution in [0.4, 0.5) is 5.69 Å². The predicted octanol–water partition coefficient (Wildman–Crippen LogP) is 3.31. The summed E-state index contributed by atoms with van der Waals surface area (Å²) in [7, 11) is 1.58. The molecule has 0 bridgehead atoms.